The topological polar surface area (TPSA) is 83.0 Å². The molecule has 1 amide bonds. The lowest BCUT2D eigenvalue weighted by Gasteiger charge is -2.20. The second-order valence-electron chi connectivity index (χ2n) is 6.96. The maximum atomic E-state index is 13.6. The number of fused-ring (bicyclic) bond motifs is 2. The van der Waals surface area contributed by atoms with Gasteiger partial charge in [0.15, 0.2) is 16.6 Å². The summed E-state index contributed by atoms with van der Waals surface area (Å²) in [6.07, 6.45) is 3.43. The number of hydrogen-bond acceptors (Lipinski definition) is 8. The quantitative estimate of drug-likeness (QED) is 0.434. The third kappa shape index (κ3) is 3.56. The van der Waals surface area contributed by atoms with Crippen molar-refractivity contribution in [2.75, 3.05) is 25.9 Å². The van der Waals surface area contributed by atoms with E-state index < -0.39 is 0 Å². The summed E-state index contributed by atoms with van der Waals surface area (Å²) in [5.41, 5.74) is 1.98. The highest BCUT2D eigenvalue weighted by Crippen LogP contribution is 2.41. The normalized spacial score (nSPS) is 12.1. The summed E-state index contributed by atoms with van der Waals surface area (Å²) < 4.78 is 22.6. The predicted molar refractivity (Wildman–Crippen MR) is 120 cm³/mol. The van der Waals surface area contributed by atoms with Crippen molar-refractivity contribution in [1.82, 2.24) is 9.97 Å². The van der Waals surface area contributed by atoms with Gasteiger partial charge in [0.05, 0.1) is 20.8 Å². The van der Waals surface area contributed by atoms with Gasteiger partial charge in [0, 0.05) is 18.0 Å². The number of hydrogen-bond donors (Lipinski definition) is 0. The van der Waals surface area contributed by atoms with Crippen LogP contribution in [-0.2, 0) is 6.54 Å². The summed E-state index contributed by atoms with van der Waals surface area (Å²) in [4.78, 5) is 24.2. The van der Waals surface area contributed by atoms with Crippen molar-refractivity contribution in [3.63, 3.8) is 0 Å². The highest BCUT2D eigenvalue weighted by Gasteiger charge is 2.26. The molecule has 1 aliphatic heterocycles. The van der Waals surface area contributed by atoms with Crippen LogP contribution in [0.1, 0.15) is 15.9 Å². The largest absolute Gasteiger partial charge is 0.495 e. The van der Waals surface area contributed by atoms with E-state index in [0.717, 1.165) is 10.3 Å². The molecule has 3 heterocycles. The molecule has 2 aromatic carbocycles. The molecule has 8 nitrogen and oxygen atoms in total. The first-order valence-electron chi connectivity index (χ1n) is 9.80. The number of anilines is 1. The monoisotopic (exact) mass is 449 g/mol. The molecule has 5 rings (SSSR count). The van der Waals surface area contributed by atoms with Crippen LogP contribution in [0.2, 0.25) is 0 Å². The Morgan fingerprint density at radius 3 is 2.69 bits per heavy atom. The minimum atomic E-state index is -0.218. The molecule has 0 spiro atoms. The van der Waals surface area contributed by atoms with Gasteiger partial charge >= 0.3 is 0 Å². The number of amides is 1. The zero-order valence-electron chi connectivity index (χ0n) is 17.4. The van der Waals surface area contributed by atoms with Crippen molar-refractivity contribution >= 4 is 32.6 Å². The SMILES string of the molecule is COc1ccc(OC)c2sc(N(Cc3cccnc3)C(=O)c3ccc4c(c3)OCO4)nc12. The number of nitrogens with zero attached hydrogens (tertiary/aromatic N) is 3. The fourth-order valence-electron chi connectivity index (χ4n) is 3.48. The molecule has 0 N–H and O–H groups in total. The minimum Gasteiger partial charge on any atom is -0.495 e. The van der Waals surface area contributed by atoms with Gasteiger partial charge in [-0.1, -0.05) is 17.4 Å². The summed E-state index contributed by atoms with van der Waals surface area (Å²) in [6.45, 7) is 0.440. The minimum absolute atomic E-state index is 0.143. The molecule has 0 atom stereocenters. The van der Waals surface area contributed by atoms with E-state index in [1.54, 1.807) is 55.8 Å². The Hall–Kier alpha value is -3.85. The Bertz CT molecular complexity index is 1250. The van der Waals surface area contributed by atoms with Crippen LogP contribution >= 0.6 is 11.3 Å². The summed E-state index contributed by atoms with van der Waals surface area (Å²) >= 11 is 1.37. The van der Waals surface area contributed by atoms with Crippen LogP contribution in [0.15, 0.2) is 54.9 Å². The molecule has 32 heavy (non-hydrogen) atoms. The van der Waals surface area contributed by atoms with Crippen LogP contribution in [0.3, 0.4) is 0 Å². The van der Waals surface area contributed by atoms with E-state index in [0.29, 0.717) is 45.8 Å². The van der Waals surface area contributed by atoms with E-state index in [4.69, 9.17) is 23.9 Å². The highest BCUT2D eigenvalue weighted by atomic mass is 32.1. The number of ether oxygens (including phenoxy) is 4. The lowest BCUT2D eigenvalue weighted by atomic mass is 10.1. The van der Waals surface area contributed by atoms with Gasteiger partial charge in [-0.25, -0.2) is 4.98 Å². The molecule has 4 aromatic rings. The summed E-state index contributed by atoms with van der Waals surface area (Å²) in [6, 6.07) is 12.5. The highest BCUT2D eigenvalue weighted by molar-refractivity contribution is 7.22. The van der Waals surface area contributed by atoms with E-state index >= 15 is 0 Å². The van der Waals surface area contributed by atoms with Crippen molar-refractivity contribution in [3.8, 4) is 23.0 Å². The third-order valence-corrected chi connectivity index (χ3v) is 6.15. The van der Waals surface area contributed by atoms with Gasteiger partial charge in [-0.3, -0.25) is 14.7 Å². The molecule has 0 fully saturated rings. The van der Waals surface area contributed by atoms with Gasteiger partial charge < -0.3 is 18.9 Å². The van der Waals surface area contributed by atoms with Gasteiger partial charge in [-0.05, 0) is 42.0 Å². The molecule has 1 aliphatic rings. The van der Waals surface area contributed by atoms with Gasteiger partial charge in [-0.2, -0.15) is 0 Å². The smallest absolute Gasteiger partial charge is 0.260 e. The first-order valence-corrected chi connectivity index (χ1v) is 10.6. The van der Waals surface area contributed by atoms with E-state index in [1.807, 2.05) is 18.2 Å². The van der Waals surface area contributed by atoms with E-state index in [2.05, 4.69) is 4.98 Å². The number of methoxy groups -OCH3 is 2. The molecule has 0 radical (unpaired) electrons. The van der Waals surface area contributed by atoms with Crippen LogP contribution in [0.25, 0.3) is 10.2 Å². The Labute approximate surface area is 188 Å². The number of carbonyl (C=O) groups excluding carboxylic acids is 1. The number of thiazole rings is 1. The number of benzene rings is 2. The second-order valence-corrected chi connectivity index (χ2v) is 7.94. The predicted octanol–water partition coefficient (Wildman–Crippen LogP) is 4.28. The fraction of sp³-hybridized carbons (Fsp3) is 0.174. The lowest BCUT2D eigenvalue weighted by molar-refractivity contribution is 0.0984. The third-order valence-electron chi connectivity index (χ3n) is 5.06. The first-order chi connectivity index (χ1) is 15.7. The van der Waals surface area contributed by atoms with Gasteiger partial charge in [0.2, 0.25) is 6.79 Å². The van der Waals surface area contributed by atoms with E-state index in [1.165, 1.54) is 11.3 Å². The Kier molecular flexibility index (Phi) is 5.24. The average Bonchev–Trinajstić information content (AvgIpc) is 3.49. The molecule has 162 valence electrons. The Morgan fingerprint density at radius 1 is 1.09 bits per heavy atom. The van der Waals surface area contributed by atoms with Crippen molar-refractivity contribution < 1.29 is 23.7 Å². The van der Waals surface area contributed by atoms with Crippen molar-refractivity contribution in [2.45, 2.75) is 6.54 Å². The number of aromatic nitrogens is 2. The molecule has 2 aromatic heterocycles. The number of rotatable bonds is 6. The van der Waals surface area contributed by atoms with Gasteiger partial charge in [0.25, 0.3) is 5.91 Å². The summed E-state index contributed by atoms with van der Waals surface area (Å²) in [5.74, 6) is 2.23. The van der Waals surface area contributed by atoms with E-state index in [-0.39, 0.29) is 12.7 Å². The molecule has 0 bridgehead atoms. The standard InChI is InChI=1S/C23H19N3O5S/c1-28-17-7-8-18(29-2)21-20(17)25-23(32-21)26(12-14-4-3-9-24-11-14)22(27)15-5-6-16-19(10-15)31-13-30-16/h3-11H,12-13H2,1-2H3. The van der Waals surface area contributed by atoms with Crippen LogP contribution in [-0.4, -0.2) is 36.9 Å². The number of pyridine rings is 1. The van der Waals surface area contributed by atoms with Crippen molar-refractivity contribution in [1.29, 1.82) is 0 Å². The van der Waals surface area contributed by atoms with Gasteiger partial charge in [-0.15, -0.1) is 0 Å². The Morgan fingerprint density at radius 2 is 1.91 bits per heavy atom. The van der Waals surface area contributed by atoms with Crippen molar-refractivity contribution in [2.24, 2.45) is 0 Å². The second kappa shape index (κ2) is 8.35. The van der Waals surface area contributed by atoms with Crippen LogP contribution in [0.5, 0.6) is 23.0 Å². The molecule has 0 unspecified atom stereocenters. The van der Waals surface area contributed by atoms with Crippen LogP contribution in [0, 0.1) is 0 Å². The summed E-state index contributed by atoms with van der Waals surface area (Å²) in [7, 11) is 3.19. The van der Waals surface area contributed by atoms with Crippen LogP contribution < -0.4 is 23.8 Å². The molecular weight excluding hydrogens is 430 g/mol. The zero-order valence-corrected chi connectivity index (χ0v) is 18.2. The summed E-state index contributed by atoms with van der Waals surface area (Å²) in [5, 5.41) is 0.523. The molecule has 0 saturated heterocycles. The lowest BCUT2D eigenvalue weighted by Crippen LogP contribution is -2.30. The molecule has 9 heteroatoms. The maximum Gasteiger partial charge on any atom is 0.260 e. The average molecular weight is 449 g/mol. The van der Waals surface area contributed by atoms with E-state index in [9.17, 15) is 4.79 Å². The molecule has 0 saturated carbocycles. The Balaban J connectivity index is 1.61. The maximum absolute atomic E-state index is 13.6. The zero-order chi connectivity index (χ0) is 22.1. The van der Waals surface area contributed by atoms with Crippen LogP contribution in [0.4, 0.5) is 5.13 Å². The van der Waals surface area contributed by atoms with Gasteiger partial charge in [0.1, 0.15) is 21.7 Å². The van der Waals surface area contributed by atoms with Crippen molar-refractivity contribution in [3.05, 3.63) is 66.0 Å². The fourth-order valence-corrected chi connectivity index (χ4v) is 4.55. The number of carbonyl (C=O) groups is 1. The molecule has 0 aliphatic carbocycles. The molecular formula is C23H19N3O5S. The first kappa shape index (κ1) is 20.1.